The third-order valence-electron chi connectivity index (χ3n) is 5.16. The van der Waals surface area contributed by atoms with Crippen LogP contribution in [0.1, 0.15) is 42.9 Å². The van der Waals surface area contributed by atoms with Crippen molar-refractivity contribution in [1.82, 2.24) is 10.2 Å². The average molecular weight is 403 g/mol. The second kappa shape index (κ2) is 9.93. The zero-order valence-corrected chi connectivity index (χ0v) is 16.0. The van der Waals surface area contributed by atoms with Crippen LogP contribution in [0, 0.1) is 27.4 Å². The lowest BCUT2D eigenvalue weighted by molar-refractivity contribution is -0.386. The standard InChI is InChI=1S/C17H22N4O3.2ClH/c18-11-12-9-14(17(22)15(10-12)21(23)24)16(13-3-1-2-4-13)20-7-5-19-6-8-20;;/h9-10,13,16,19,22H,1-8H2;2*1H/t16-;;/m1../s1. The minimum atomic E-state index is -0.608. The first-order valence-electron chi connectivity index (χ1n) is 8.48. The van der Waals surface area contributed by atoms with Crippen LogP contribution in [-0.2, 0) is 0 Å². The Labute approximate surface area is 165 Å². The highest BCUT2D eigenvalue weighted by Crippen LogP contribution is 2.45. The molecule has 2 aliphatic rings. The lowest BCUT2D eigenvalue weighted by atomic mass is 9.88. The van der Waals surface area contributed by atoms with Crippen molar-refractivity contribution in [2.24, 2.45) is 5.92 Å². The number of nitro benzene ring substituents is 1. The molecule has 3 rings (SSSR count). The fourth-order valence-corrected chi connectivity index (χ4v) is 4.05. The van der Waals surface area contributed by atoms with Gasteiger partial charge in [0, 0.05) is 43.9 Å². The number of nitro groups is 1. The molecule has 0 spiro atoms. The van der Waals surface area contributed by atoms with E-state index in [1.54, 1.807) is 6.07 Å². The third-order valence-corrected chi connectivity index (χ3v) is 5.16. The van der Waals surface area contributed by atoms with E-state index < -0.39 is 4.92 Å². The number of hydrogen-bond acceptors (Lipinski definition) is 6. The molecule has 0 bridgehead atoms. The fourth-order valence-electron chi connectivity index (χ4n) is 4.05. The first-order chi connectivity index (χ1) is 11.6. The van der Waals surface area contributed by atoms with E-state index >= 15 is 0 Å². The fraction of sp³-hybridized carbons (Fsp3) is 0.588. The van der Waals surface area contributed by atoms with E-state index in [4.69, 9.17) is 0 Å². The second-order valence-corrected chi connectivity index (χ2v) is 6.58. The van der Waals surface area contributed by atoms with Gasteiger partial charge in [-0.3, -0.25) is 15.0 Å². The van der Waals surface area contributed by atoms with Crippen molar-refractivity contribution in [3.05, 3.63) is 33.4 Å². The summed E-state index contributed by atoms with van der Waals surface area (Å²) in [6.07, 6.45) is 4.40. The third kappa shape index (κ3) is 4.57. The summed E-state index contributed by atoms with van der Waals surface area (Å²) >= 11 is 0. The molecule has 0 radical (unpaired) electrons. The predicted octanol–water partition coefficient (Wildman–Crippen LogP) is 3.15. The Morgan fingerprint density at radius 3 is 2.42 bits per heavy atom. The van der Waals surface area contributed by atoms with Gasteiger partial charge in [0.1, 0.15) is 0 Å². The molecule has 1 aromatic rings. The Bertz CT molecular complexity index is 669. The van der Waals surface area contributed by atoms with E-state index in [1.807, 2.05) is 6.07 Å². The minimum Gasteiger partial charge on any atom is -0.502 e. The molecule has 1 aliphatic carbocycles. The summed E-state index contributed by atoms with van der Waals surface area (Å²) < 4.78 is 0. The number of nitrogens with one attached hydrogen (secondary N) is 1. The SMILES string of the molecule is Cl.Cl.N#Cc1cc([C@@H](C2CCCC2)N2CCNCC2)c(O)c([N+](=O)[O-])c1. The van der Waals surface area contributed by atoms with Crippen LogP contribution in [0.2, 0.25) is 0 Å². The van der Waals surface area contributed by atoms with Crippen LogP contribution in [0.5, 0.6) is 5.75 Å². The number of piperazine rings is 1. The molecule has 7 nitrogen and oxygen atoms in total. The van der Waals surface area contributed by atoms with Gasteiger partial charge in [-0.25, -0.2) is 0 Å². The van der Waals surface area contributed by atoms with Gasteiger partial charge in [0.25, 0.3) is 0 Å². The maximum atomic E-state index is 11.3. The monoisotopic (exact) mass is 402 g/mol. The van der Waals surface area contributed by atoms with E-state index in [0.717, 1.165) is 57.9 Å². The molecular weight excluding hydrogens is 379 g/mol. The Morgan fingerprint density at radius 2 is 1.88 bits per heavy atom. The number of aromatic hydroxyl groups is 1. The number of phenols is 1. The lowest BCUT2D eigenvalue weighted by Gasteiger charge is -2.38. The molecule has 1 atom stereocenters. The van der Waals surface area contributed by atoms with Crippen LogP contribution < -0.4 is 5.32 Å². The number of nitrogens with zero attached hydrogens (tertiary/aromatic N) is 3. The number of phenolic OH excluding ortho intramolecular Hbond substituents is 1. The number of nitriles is 1. The zero-order valence-electron chi connectivity index (χ0n) is 14.4. The van der Waals surface area contributed by atoms with Crippen molar-refractivity contribution in [3.8, 4) is 11.8 Å². The number of hydrogen-bond donors (Lipinski definition) is 2. The van der Waals surface area contributed by atoms with Crippen LogP contribution in [-0.4, -0.2) is 41.1 Å². The molecule has 1 heterocycles. The summed E-state index contributed by atoms with van der Waals surface area (Å²) in [5, 5.41) is 34.4. The maximum absolute atomic E-state index is 11.3. The largest absolute Gasteiger partial charge is 0.502 e. The summed E-state index contributed by atoms with van der Waals surface area (Å²) in [5.74, 6) is 0.0805. The quantitative estimate of drug-likeness (QED) is 0.592. The summed E-state index contributed by atoms with van der Waals surface area (Å²) in [6, 6.07) is 4.71. The molecule has 2 fully saturated rings. The van der Waals surface area contributed by atoms with Crippen molar-refractivity contribution >= 4 is 30.5 Å². The van der Waals surface area contributed by atoms with Crippen LogP contribution in [0.3, 0.4) is 0 Å². The van der Waals surface area contributed by atoms with Crippen molar-refractivity contribution < 1.29 is 10.0 Å². The van der Waals surface area contributed by atoms with Gasteiger partial charge >= 0.3 is 5.69 Å². The van der Waals surface area contributed by atoms with Gasteiger partial charge < -0.3 is 10.4 Å². The van der Waals surface area contributed by atoms with Gasteiger partial charge in [0.05, 0.1) is 16.6 Å². The molecule has 1 aromatic carbocycles. The predicted molar refractivity (Wildman–Crippen MR) is 103 cm³/mol. The molecule has 9 heteroatoms. The van der Waals surface area contributed by atoms with E-state index in [2.05, 4.69) is 10.2 Å². The first-order valence-corrected chi connectivity index (χ1v) is 8.48. The van der Waals surface area contributed by atoms with Crippen molar-refractivity contribution in [3.63, 3.8) is 0 Å². The Hall–Kier alpha value is -1.59. The second-order valence-electron chi connectivity index (χ2n) is 6.58. The molecule has 144 valence electrons. The number of benzene rings is 1. The topological polar surface area (TPSA) is 102 Å². The number of halogens is 2. The zero-order chi connectivity index (χ0) is 17.1. The van der Waals surface area contributed by atoms with Crippen LogP contribution in [0.25, 0.3) is 0 Å². The molecule has 1 saturated carbocycles. The van der Waals surface area contributed by atoms with Crippen molar-refractivity contribution in [2.75, 3.05) is 26.2 Å². The molecule has 0 unspecified atom stereocenters. The molecule has 2 N–H and O–H groups in total. The average Bonchev–Trinajstić information content (AvgIpc) is 3.11. The smallest absolute Gasteiger partial charge is 0.312 e. The Morgan fingerprint density at radius 1 is 1.27 bits per heavy atom. The van der Waals surface area contributed by atoms with Crippen LogP contribution >= 0.6 is 24.8 Å². The molecular formula is C17H24Cl2N4O3. The lowest BCUT2D eigenvalue weighted by Crippen LogP contribution is -2.46. The molecule has 0 amide bonds. The Kier molecular flexibility index (Phi) is 8.57. The highest BCUT2D eigenvalue weighted by Gasteiger charge is 2.35. The molecule has 0 aromatic heterocycles. The number of rotatable bonds is 4. The van der Waals surface area contributed by atoms with Gasteiger partial charge in [0.15, 0.2) is 5.75 Å². The highest BCUT2D eigenvalue weighted by atomic mass is 35.5. The van der Waals surface area contributed by atoms with E-state index in [-0.39, 0.29) is 47.9 Å². The first kappa shape index (κ1) is 22.5. The van der Waals surface area contributed by atoms with Gasteiger partial charge in [0.2, 0.25) is 0 Å². The van der Waals surface area contributed by atoms with Crippen molar-refractivity contribution in [1.29, 1.82) is 5.26 Å². The minimum absolute atomic E-state index is 0. The summed E-state index contributed by atoms with van der Waals surface area (Å²) in [4.78, 5) is 13.0. The highest BCUT2D eigenvalue weighted by molar-refractivity contribution is 5.85. The summed E-state index contributed by atoms with van der Waals surface area (Å²) in [7, 11) is 0. The van der Waals surface area contributed by atoms with Gasteiger partial charge in [-0.2, -0.15) is 5.26 Å². The molecule has 26 heavy (non-hydrogen) atoms. The maximum Gasteiger partial charge on any atom is 0.312 e. The van der Waals surface area contributed by atoms with E-state index in [1.165, 1.54) is 0 Å². The Balaban J connectivity index is 0.00000169. The normalized spacial score (nSPS) is 19.0. The van der Waals surface area contributed by atoms with E-state index in [0.29, 0.717) is 11.5 Å². The molecule has 1 saturated heterocycles. The molecule has 1 aliphatic heterocycles. The summed E-state index contributed by atoms with van der Waals surface area (Å²) in [5.41, 5.74) is 0.393. The van der Waals surface area contributed by atoms with Gasteiger partial charge in [-0.05, 0) is 24.8 Å². The van der Waals surface area contributed by atoms with Crippen LogP contribution in [0.4, 0.5) is 5.69 Å². The van der Waals surface area contributed by atoms with Crippen LogP contribution in [0.15, 0.2) is 12.1 Å². The summed E-state index contributed by atoms with van der Waals surface area (Å²) in [6.45, 7) is 3.41. The van der Waals surface area contributed by atoms with Crippen molar-refractivity contribution in [2.45, 2.75) is 31.7 Å². The van der Waals surface area contributed by atoms with Gasteiger partial charge in [-0.1, -0.05) is 12.8 Å². The van der Waals surface area contributed by atoms with Gasteiger partial charge in [-0.15, -0.1) is 24.8 Å². The van der Waals surface area contributed by atoms with E-state index in [9.17, 15) is 20.5 Å².